The fourth-order valence-electron chi connectivity index (χ4n) is 6.04. The van der Waals surface area contributed by atoms with E-state index in [1.165, 1.54) is 5.06 Å². The number of hydrogen-bond donors (Lipinski definition) is 1. The van der Waals surface area contributed by atoms with Gasteiger partial charge < -0.3 is 19.7 Å². The van der Waals surface area contributed by atoms with Crippen LogP contribution in [0.4, 0.5) is 0 Å². The summed E-state index contributed by atoms with van der Waals surface area (Å²) in [6, 6.07) is 8.70. The van der Waals surface area contributed by atoms with Crippen molar-refractivity contribution in [1.82, 2.24) is 15.3 Å². The standard InChI is InChI=1S/C32H51N3O6/c1-7-22(2)20-26(39-5)21-28(36)34-17-13-16-27(34)30(40-6)24(4)31(37)33-29(23(3)25-14-9-8-10-15-25)32(38)35-18-11-12-19-41-35/h8-10,14-15,22-24,26-27,29-30H,7,11-13,16-21H2,1-6H3,(H,33,37)/t22-,23-,24+,26-,27-,29-,30+/m0/s1. The summed E-state index contributed by atoms with van der Waals surface area (Å²) < 4.78 is 11.6. The first-order valence-electron chi connectivity index (χ1n) is 15.4. The summed E-state index contributed by atoms with van der Waals surface area (Å²) in [6.45, 7) is 9.70. The number of methoxy groups -OCH3 is 2. The molecule has 0 spiro atoms. The highest BCUT2D eigenvalue weighted by Gasteiger charge is 2.42. The Balaban J connectivity index is 1.74. The molecular weight excluding hydrogens is 522 g/mol. The monoisotopic (exact) mass is 573 g/mol. The Morgan fingerprint density at radius 3 is 2.37 bits per heavy atom. The number of nitrogens with one attached hydrogen (secondary N) is 1. The molecule has 41 heavy (non-hydrogen) atoms. The molecule has 2 heterocycles. The lowest BCUT2D eigenvalue weighted by atomic mass is 9.90. The van der Waals surface area contributed by atoms with E-state index < -0.39 is 18.1 Å². The summed E-state index contributed by atoms with van der Waals surface area (Å²) in [4.78, 5) is 48.3. The summed E-state index contributed by atoms with van der Waals surface area (Å²) in [5.74, 6) is -0.877. The minimum Gasteiger partial charge on any atom is -0.381 e. The fourth-order valence-corrected chi connectivity index (χ4v) is 6.04. The third-order valence-electron chi connectivity index (χ3n) is 8.91. The molecule has 0 aromatic heterocycles. The first kappa shape index (κ1) is 33.0. The van der Waals surface area contributed by atoms with Gasteiger partial charge in [-0.1, -0.05) is 64.4 Å². The van der Waals surface area contributed by atoms with E-state index in [0.29, 0.717) is 32.0 Å². The number of hydrogen-bond acceptors (Lipinski definition) is 6. The third kappa shape index (κ3) is 8.75. The van der Waals surface area contributed by atoms with E-state index in [1.807, 2.05) is 49.1 Å². The van der Waals surface area contributed by atoms with E-state index in [1.54, 1.807) is 14.2 Å². The molecule has 3 rings (SSSR count). The van der Waals surface area contributed by atoms with Gasteiger partial charge in [0.2, 0.25) is 11.8 Å². The van der Waals surface area contributed by atoms with Crippen LogP contribution in [0.15, 0.2) is 30.3 Å². The highest BCUT2D eigenvalue weighted by molar-refractivity contribution is 5.89. The van der Waals surface area contributed by atoms with Crippen LogP contribution in [0.1, 0.15) is 84.1 Å². The molecule has 1 aromatic carbocycles. The molecule has 2 saturated heterocycles. The molecule has 0 aliphatic carbocycles. The lowest BCUT2D eigenvalue weighted by molar-refractivity contribution is -0.200. The zero-order valence-corrected chi connectivity index (χ0v) is 25.8. The number of amides is 3. The molecule has 9 nitrogen and oxygen atoms in total. The van der Waals surface area contributed by atoms with Crippen molar-refractivity contribution in [1.29, 1.82) is 0 Å². The van der Waals surface area contributed by atoms with Crippen molar-refractivity contribution in [2.75, 3.05) is 33.9 Å². The minimum atomic E-state index is -0.799. The van der Waals surface area contributed by atoms with E-state index in [0.717, 1.165) is 44.1 Å². The van der Waals surface area contributed by atoms with Crippen molar-refractivity contribution in [2.45, 2.75) is 103 Å². The van der Waals surface area contributed by atoms with Gasteiger partial charge in [0.25, 0.3) is 5.91 Å². The van der Waals surface area contributed by atoms with Gasteiger partial charge in [-0.25, -0.2) is 5.06 Å². The van der Waals surface area contributed by atoms with E-state index in [2.05, 4.69) is 19.2 Å². The Labute approximate surface area is 246 Å². The van der Waals surface area contributed by atoms with Crippen LogP contribution >= 0.6 is 0 Å². The van der Waals surface area contributed by atoms with Crippen LogP contribution in [0.3, 0.4) is 0 Å². The fraction of sp³-hybridized carbons (Fsp3) is 0.719. The molecule has 1 N–H and O–H groups in total. The number of carbonyl (C=O) groups is 3. The van der Waals surface area contributed by atoms with Crippen molar-refractivity contribution >= 4 is 17.7 Å². The average molecular weight is 574 g/mol. The number of nitrogens with zero attached hydrogens (tertiary/aromatic N) is 2. The van der Waals surface area contributed by atoms with Crippen LogP contribution in [0.25, 0.3) is 0 Å². The van der Waals surface area contributed by atoms with E-state index in [4.69, 9.17) is 14.3 Å². The molecule has 0 unspecified atom stereocenters. The number of ether oxygens (including phenoxy) is 2. The second-order valence-corrected chi connectivity index (χ2v) is 11.8. The van der Waals surface area contributed by atoms with E-state index >= 15 is 0 Å². The van der Waals surface area contributed by atoms with Gasteiger partial charge in [0.1, 0.15) is 6.04 Å². The SMILES string of the molecule is CC[C@H](C)C[C@@H](CC(=O)N1CCC[C@H]1[C@H](OC)[C@@H](C)C(=O)N[C@H](C(=O)N1CCCCO1)[C@@H](C)c1ccccc1)OC. The molecule has 7 atom stereocenters. The highest BCUT2D eigenvalue weighted by atomic mass is 16.7. The average Bonchev–Trinajstić information content (AvgIpc) is 3.49. The van der Waals surface area contributed by atoms with Gasteiger partial charge in [-0.15, -0.1) is 0 Å². The van der Waals surface area contributed by atoms with Crippen LogP contribution < -0.4 is 5.32 Å². The predicted octanol–water partition coefficient (Wildman–Crippen LogP) is 4.31. The maximum Gasteiger partial charge on any atom is 0.269 e. The van der Waals surface area contributed by atoms with E-state index in [-0.39, 0.29) is 35.8 Å². The van der Waals surface area contributed by atoms with Crippen molar-refractivity contribution in [3.05, 3.63) is 35.9 Å². The number of benzene rings is 1. The molecule has 1 aromatic rings. The molecule has 230 valence electrons. The van der Waals surface area contributed by atoms with Gasteiger partial charge in [0.15, 0.2) is 0 Å². The minimum absolute atomic E-state index is 0.0327. The molecule has 0 saturated carbocycles. The van der Waals surface area contributed by atoms with Gasteiger partial charge in [0, 0.05) is 33.2 Å². The summed E-state index contributed by atoms with van der Waals surface area (Å²) in [5, 5.41) is 4.45. The third-order valence-corrected chi connectivity index (χ3v) is 8.91. The van der Waals surface area contributed by atoms with Crippen molar-refractivity contribution in [2.24, 2.45) is 11.8 Å². The molecule has 0 bridgehead atoms. The quantitative estimate of drug-likeness (QED) is 0.356. The maximum atomic E-state index is 13.8. The molecule has 9 heteroatoms. The second kappa shape index (κ2) is 16.2. The Kier molecular flexibility index (Phi) is 13.1. The summed E-state index contributed by atoms with van der Waals surface area (Å²) in [5.41, 5.74) is 0.955. The van der Waals surface area contributed by atoms with E-state index in [9.17, 15) is 14.4 Å². The Morgan fingerprint density at radius 1 is 1.02 bits per heavy atom. The molecular formula is C32H51N3O6. The van der Waals surface area contributed by atoms with Gasteiger partial charge in [-0.05, 0) is 43.6 Å². The summed E-state index contributed by atoms with van der Waals surface area (Å²) in [6.07, 6.45) is 4.92. The molecule has 2 fully saturated rings. The topological polar surface area (TPSA) is 97.4 Å². The molecule has 0 radical (unpaired) electrons. The number of likely N-dealkylation sites (tertiary alicyclic amines) is 1. The Morgan fingerprint density at radius 2 is 1.76 bits per heavy atom. The summed E-state index contributed by atoms with van der Waals surface area (Å²) in [7, 11) is 3.25. The number of hydroxylamine groups is 2. The van der Waals surface area contributed by atoms with Crippen molar-refractivity contribution in [3.8, 4) is 0 Å². The van der Waals surface area contributed by atoms with Gasteiger partial charge in [-0.3, -0.25) is 19.2 Å². The Hall–Kier alpha value is -2.49. The maximum absolute atomic E-state index is 13.8. The van der Waals surface area contributed by atoms with Crippen LogP contribution in [-0.2, 0) is 28.7 Å². The normalized spacial score (nSPS) is 22.0. The van der Waals surface area contributed by atoms with Crippen LogP contribution in [-0.4, -0.2) is 85.9 Å². The van der Waals surface area contributed by atoms with Crippen LogP contribution in [0.5, 0.6) is 0 Å². The lowest BCUT2D eigenvalue weighted by Crippen LogP contribution is -2.55. The smallest absolute Gasteiger partial charge is 0.269 e. The predicted molar refractivity (Wildman–Crippen MR) is 158 cm³/mol. The van der Waals surface area contributed by atoms with Crippen molar-refractivity contribution in [3.63, 3.8) is 0 Å². The number of rotatable bonds is 14. The zero-order chi connectivity index (χ0) is 29.9. The lowest BCUT2D eigenvalue weighted by Gasteiger charge is -2.36. The molecule has 2 aliphatic heterocycles. The largest absolute Gasteiger partial charge is 0.381 e. The molecule has 2 aliphatic rings. The van der Waals surface area contributed by atoms with Gasteiger partial charge in [-0.2, -0.15) is 0 Å². The first-order chi connectivity index (χ1) is 19.7. The van der Waals surface area contributed by atoms with Crippen LogP contribution in [0, 0.1) is 11.8 Å². The first-order valence-corrected chi connectivity index (χ1v) is 15.4. The Bertz CT molecular complexity index is 969. The highest BCUT2D eigenvalue weighted by Crippen LogP contribution is 2.29. The zero-order valence-electron chi connectivity index (χ0n) is 25.8. The second-order valence-electron chi connectivity index (χ2n) is 11.8. The summed E-state index contributed by atoms with van der Waals surface area (Å²) >= 11 is 0. The van der Waals surface area contributed by atoms with Gasteiger partial charge >= 0.3 is 0 Å². The van der Waals surface area contributed by atoms with Crippen molar-refractivity contribution < 1.29 is 28.7 Å². The number of carbonyl (C=O) groups excluding carboxylic acids is 3. The molecule has 3 amide bonds. The van der Waals surface area contributed by atoms with Gasteiger partial charge in [0.05, 0.1) is 37.2 Å². The van der Waals surface area contributed by atoms with Crippen LogP contribution in [0.2, 0.25) is 0 Å².